The predicted molar refractivity (Wildman–Crippen MR) is 178 cm³/mol. The molecule has 7 aromatic rings. The minimum absolute atomic E-state index is 0. The molecule has 0 fully saturated rings. The molecule has 0 atom stereocenters. The van der Waals surface area contributed by atoms with Gasteiger partial charge >= 0.3 is 0 Å². The molecule has 1 radical (unpaired) electrons. The quantitative estimate of drug-likeness (QED) is 0.164. The number of furan rings is 1. The Balaban J connectivity index is 0.000000193. The van der Waals surface area contributed by atoms with E-state index in [-0.39, 0.29) is 25.9 Å². The molecular weight excluding hydrogens is 736 g/mol. The summed E-state index contributed by atoms with van der Waals surface area (Å²) in [6, 6.07) is 37.2. The van der Waals surface area contributed by atoms with Crippen molar-refractivity contribution in [1.82, 2.24) is 9.97 Å². The third-order valence-corrected chi connectivity index (χ3v) is 7.61. The number of rotatable bonds is 5. The van der Waals surface area contributed by atoms with Gasteiger partial charge < -0.3 is 14.4 Å². The molecule has 0 aliphatic heterocycles. The monoisotopic (exact) mass is 769 g/mol. The van der Waals surface area contributed by atoms with E-state index in [2.05, 4.69) is 55.0 Å². The van der Waals surface area contributed by atoms with Crippen molar-refractivity contribution in [3.63, 3.8) is 0 Å². The van der Waals surface area contributed by atoms with Crippen LogP contribution in [0, 0.1) is 37.7 Å². The van der Waals surface area contributed by atoms with Crippen LogP contribution in [0.2, 0.25) is 0 Å². The van der Waals surface area contributed by atoms with Crippen molar-refractivity contribution in [3.8, 4) is 33.6 Å². The van der Waals surface area contributed by atoms with E-state index in [1.807, 2.05) is 85.9 Å². The maximum absolute atomic E-state index is 14.7. The molecule has 0 amide bonds. The molecule has 5 heteroatoms. The number of halogens is 1. The first kappa shape index (κ1) is 32.0. The van der Waals surface area contributed by atoms with Gasteiger partial charge in [-0.25, -0.2) is 4.39 Å². The van der Waals surface area contributed by atoms with Gasteiger partial charge in [0.1, 0.15) is 11.4 Å². The minimum Gasteiger partial charge on any atom is -0.500 e. The van der Waals surface area contributed by atoms with E-state index in [1.165, 1.54) is 17.2 Å². The fraction of sp³-hybridized carbons (Fsp3) is 0.150. The van der Waals surface area contributed by atoms with Crippen molar-refractivity contribution >= 4 is 21.9 Å². The van der Waals surface area contributed by atoms with E-state index in [9.17, 15) is 4.39 Å². The van der Waals surface area contributed by atoms with Gasteiger partial charge in [0.05, 0.1) is 11.1 Å². The molecule has 0 aliphatic carbocycles. The van der Waals surface area contributed by atoms with Crippen LogP contribution in [0.1, 0.15) is 30.5 Å². The van der Waals surface area contributed by atoms with Crippen LogP contribution >= 0.6 is 0 Å². The van der Waals surface area contributed by atoms with Gasteiger partial charge in [0.2, 0.25) is 0 Å². The molecule has 3 nitrogen and oxygen atoms in total. The topological polar surface area (TPSA) is 38.9 Å². The standard InChI is InChI=1S/C24H15FNO.C16H18N.Ir/c1-15-12-13-26-21(14-15)19-9-5-8-17-18-10-11-20(25)22(24(18)27-23(17)19)16-6-3-2-4-7-16;1-12(2)9-15-10-16(17-11-13(15)3)14-7-5-4-6-8-14;/h2-8,10-14H,1H3;4-7,10-12H,9H2,1-3H3;/q2*-1;. The van der Waals surface area contributed by atoms with Crippen LogP contribution in [-0.2, 0) is 26.5 Å². The van der Waals surface area contributed by atoms with Gasteiger partial charge in [-0.2, -0.15) is 0 Å². The average molecular weight is 769 g/mol. The van der Waals surface area contributed by atoms with E-state index in [4.69, 9.17) is 4.42 Å². The van der Waals surface area contributed by atoms with Gasteiger partial charge in [0.15, 0.2) is 0 Å². The SMILES string of the molecule is Cc1ccnc(-c2[c-]ccc3c2oc2c(-c4ccccc4)c(F)ccc23)c1.Cc1cnc(-c2[c-]cccc2)cc1CC(C)C.[Ir]. The molecule has 0 unspecified atom stereocenters. The fourth-order valence-corrected chi connectivity index (χ4v) is 5.44. The van der Waals surface area contributed by atoms with Crippen molar-refractivity contribution in [2.45, 2.75) is 34.1 Å². The summed E-state index contributed by atoms with van der Waals surface area (Å²) >= 11 is 0. The zero-order valence-electron chi connectivity index (χ0n) is 25.7. The van der Waals surface area contributed by atoms with Gasteiger partial charge in [0.25, 0.3) is 0 Å². The number of aromatic nitrogens is 2. The second-order valence-electron chi connectivity index (χ2n) is 11.5. The molecule has 3 heterocycles. The average Bonchev–Trinajstić information content (AvgIpc) is 3.42. The van der Waals surface area contributed by atoms with Gasteiger partial charge in [-0.1, -0.05) is 78.4 Å². The van der Waals surface area contributed by atoms with Crippen molar-refractivity contribution in [2.24, 2.45) is 5.92 Å². The van der Waals surface area contributed by atoms with Crippen LogP contribution in [0.4, 0.5) is 4.39 Å². The minimum atomic E-state index is -0.299. The van der Waals surface area contributed by atoms with Gasteiger partial charge in [-0.05, 0) is 66.9 Å². The Kier molecular flexibility index (Phi) is 10.0. The van der Waals surface area contributed by atoms with Gasteiger partial charge in [0, 0.05) is 37.9 Å². The third-order valence-electron chi connectivity index (χ3n) is 7.61. The molecule has 0 saturated carbocycles. The number of aryl methyl sites for hydroxylation is 2. The van der Waals surface area contributed by atoms with Crippen LogP contribution in [-0.4, -0.2) is 9.97 Å². The van der Waals surface area contributed by atoms with Crippen LogP contribution in [0.3, 0.4) is 0 Å². The molecular formula is C40H33FIrN2O-2. The molecule has 7 rings (SSSR count). The van der Waals surface area contributed by atoms with E-state index >= 15 is 0 Å². The number of fused-ring (bicyclic) bond motifs is 3. The fourth-order valence-electron chi connectivity index (χ4n) is 5.44. The number of hydrogen-bond acceptors (Lipinski definition) is 3. The first-order chi connectivity index (χ1) is 21.4. The molecule has 0 spiro atoms. The summed E-state index contributed by atoms with van der Waals surface area (Å²) in [4.78, 5) is 8.95. The Morgan fingerprint density at radius 2 is 1.56 bits per heavy atom. The maximum Gasteiger partial charge on any atom is 0.134 e. The smallest absolute Gasteiger partial charge is 0.134 e. The van der Waals surface area contributed by atoms with Crippen LogP contribution in [0.15, 0.2) is 114 Å². The predicted octanol–water partition coefficient (Wildman–Crippen LogP) is 10.6. The van der Waals surface area contributed by atoms with E-state index in [0.29, 0.717) is 22.6 Å². The van der Waals surface area contributed by atoms with E-state index in [1.54, 1.807) is 12.3 Å². The summed E-state index contributed by atoms with van der Waals surface area (Å²) in [5.74, 6) is 0.371. The van der Waals surface area contributed by atoms with Gasteiger partial charge in [-0.15, -0.1) is 54.1 Å². The van der Waals surface area contributed by atoms with Crippen LogP contribution in [0.5, 0.6) is 0 Å². The van der Waals surface area contributed by atoms with Crippen LogP contribution < -0.4 is 0 Å². The zero-order chi connectivity index (χ0) is 30.6. The van der Waals surface area contributed by atoms with Crippen LogP contribution in [0.25, 0.3) is 55.6 Å². The Bertz CT molecular complexity index is 2050. The maximum atomic E-state index is 14.7. The number of pyridine rings is 2. The van der Waals surface area contributed by atoms with Crippen molar-refractivity contribution in [1.29, 1.82) is 0 Å². The summed E-state index contributed by atoms with van der Waals surface area (Å²) in [7, 11) is 0. The largest absolute Gasteiger partial charge is 0.500 e. The second-order valence-corrected chi connectivity index (χ2v) is 11.5. The molecule has 45 heavy (non-hydrogen) atoms. The molecule has 0 saturated heterocycles. The third kappa shape index (κ3) is 6.96. The summed E-state index contributed by atoms with van der Waals surface area (Å²) < 4.78 is 21.0. The summed E-state index contributed by atoms with van der Waals surface area (Å²) in [6.45, 7) is 8.64. The van der Waals surface area contributed by atoms with Crippen molar-refractivity contribution in [2.75, 3.05) is 0 Å². The Morgan fingerprint density at radius 1 is 0.778 bits per heavy atom. The zero-order valence-corrected chi connectivity index (χ0v) is 28.1. The molecule has 0 N–H and O–H groups in total. The summed E-state index contributed by atoms with van der Waals surface area (Å²) in [5, 5.41) is 1.81. The normalized spacial score (nSPS) is 10.9. The molecule has 4 aromatic carbocycles. The molecule has 3 aromatic heterocycles. The summed E-state index contributed by atoms with van der Waals surface area (Å²) in [5.41, 5.74) is 9.93. The molecule has 0 aliphatic rings. The van der Waals surface area contributed by atoms with E-state index in [0.717, 1.165) is 50.8 Å². The van der Waals surface area contributed by atoms with Crippen molar-refractivity contribution < 1.29 is 28.9 Å². The number of benzene rings is 4. The molecule has 227 valence electrons. The second kappa shape index (κ2) is 14.1. The first-order valence-corrected chi connectivity index (χ1v) is 14.9. The number of hydrogen-bond donors (Lipinski definition) is 0. The molecule has 0 bridgehead atoms. The Morgan fingerprint density at radius 3 is 2.29 bits per heavy atom. The van der Waals surface area contributed by atoms with Crippen molar-refractivity contribution in [3.05, 3.63) is 144 Å². The first-order valence-electron chi connectivity index (χ1n) is 14.9. The Labute approximate surface area is 277 Å². The van der Waals surface area contributed by atoms with Gasteiger partial charge in [-0.3, -0.25) is 0 Å². The van der Waals surface area contributed by atoms with E-state index < -0.39 is 0 Å². The number of nitrogens with zero attached hydrogens (tertiary/aromatic N) is 2. The summed E-state index contributed by atoms with van der Waals surface area (Å²) in [6.07, 6.45) is 4.84. The Hall–Kier alpha value is -4.44.